The third kappa shape index (κ3) is 2.09. The highest BCUT2D eigenvalue weighted by atomic mass is 19.4. The SMILES string of the molecule is Cc1ccc(-n2c(C#N)ccc2C(F)(F)F)cc1. The van der Waals surface area contributed by atoms with Gasteiger partial charge in [0.2, 0.25) is 0 Å². The van der Waals surface area contributed by atoms with Gasteiger partial charge in [0, 0.05) is 5.69 Å². The van der Waals surface area contributed by atoms with Crippen molar-refractivity contribution in [3.63, 3.8) is 0 Å². The van der Waals surface area contributed by atoms with Crippen LogP contribution >= 0.6 is 0 Å². The molecule has 0 bridgehead atoms. The van der Waals surface area contributed by atoms with Crippen LogP contribution in [0.5, 0.6) is 0 Å². The Kier molecular flexibility index (Phi) is 2.87. The van der Waals surface area contributed by atoms with Crippen molar-refractivity contribution >= 4 is 0 Å². The van der Waals surface area contributed by atoms with Crippen molar-refractivity contribution in [2.24, 2.45) is 0 Å². The highest BCUT2D eigenvalue weighted by Gasteiger charge is 2.35. The lowest BCUT2D eigenvalue weighted by Crippen LogP contribution is -2.13. The molecule has 2 nitrogen and oxygen atoms in total. The van der Waals surface area contributed by atoms with Crippen molar-refractivity contribution in [1.29, 1.82) is 5.26 Å². The van der Waals surface area contributed by atoms with E-state index in [4.69, 9.17) is 5.26 Å². The summed E-state index contributed by atoms with van der Waals surface area (Å²) >= 11 is 0. The van der Waals surface area contributed by atoms with E-state index in [2.05, 4.69) is 0 Å². The third-order valence-electron chi connectivity index (χ3n) is 2.58. The maximum absolute atomic E-state index is 12.8. The van der Waals surface area contributed by atoms with Crippen molar-refractivity contribution in [3.8, 4) is 11.8 Å². The molecule has 0 saturated carbocycles. The average molecular weight is 250 g/mol. The number of benzene rings is 1. The molecule has 1 aromatic carbocycles. The van der Waals surface area contributed by atoms with Gasteiger partial charge < -0.3 is 0 Å². The summed E-state index contributed by atoms with van der Waals surface area (Å²) in [6.07, 6.45) is -4.49. The molecular formula is C13H9F3N2. The van der Waals surface area contributed by atoms with Gasteiger partial charge in [0.25, 0.3) is 0 Å². The van der Waals surface area contributed by atoms with E-state index in [0.717, 1.165) is 16.2 Å². The van der Waals surface area contributed by atoms with Crippen molar-refractivity contribution < 1.29 is 13.2 Å². The summed E-state index contributed by atoms with van der Waals surface area (Å²) in [5.74, 6) is 0. The molecule has 0 saturated heterocycles. The number of nitriles is 1. The van der Waals surface area contributed by atoms with Gasteiger partial charge in [-0.25, -0.2) is 0 Å². The molecule has 5 heteroatoms. The fraction of sp³-hybridized carbons (Fsp3) is 0.154. The molecule has 0 N–H and O–H groups in total. The first kappa shape index (κ1) is 12.2. The van der Waals surface area contributed by atoms with Crippen molar-refractivity contribution in [2.45, 2.75) is 13.1 Å². The number of aromatic nitrogens is 1. The molecule has 0 spiro atoms. The first-order valence-corrected chi connectivity index (χ1v) is 5.19. The lowest BCUT2D eigenvalue weighted by atomic mass is 10.2. The summed E-state index contributed by atoms with van der Waals surface area (Å²) < 4.78 is 39.4. The monoisotopic (exact) mass is 250 g/mol. The van der Waals surface area contributed by atoms with Crippen molar-refractivity contribution in [2.75, 3.05) is 0 Å². The van der Waals surface area contributed by atoms with E-state index in [1.54, 1.807) is 30.3 Å². The Labute approximate surface area is 102 Å². The van der Waals surface area contributed by atoms with Crippen molar-refractivity contribution in [1.82, 2.24) is 4.57 Å². The van der Waals surface area contributed by atoms with Crippen LogP contribution in [0.2, 0.25) is 0 Å². The number of aryl methyl sites for hydroxylation is 1. The second kappa shape index (κ2) is 4.22. The topological polar surface area (TPSA) is 28.7 Å². The van der Waals surface area contributed by atoms with E-state index in [-0.39, 0.29) is 5.69 Å². The van der Waals surface area contributed by atoms with Crippen LogP contribution in [0, 0.1) is 18.3 Å². The fourth-order valence-electron chi connectivity index (χ4n) is 1.72. The van der Waals surface area contributed by atoms with Gasteiger partial charge in [-0.3, -0.25) is 4.57 Å². The van der Waals surface area contributed by atoms with Gasteiger partial charge in [0.15, 0.2) is 0 Å². The normalized spacial score (nSPS) is 11.3. The first-order valence-electron chi connectivity index (χ1n) is 5.19. The second-order valence-electron chi connectivity index (χ2n) is 3.88. The molecule has 0 amide bonds. The molecule has 2 rings (SSSR count). The Morgan fingerprint density at radius 1 is 1.06 bits per heavy atom. The summed E-state index contributed by atoms with van der Waals surface area (Å²) in [6.45, 7) is 1.84. The van der Waals surface area contributed by atoms with Gasteiger partial charge in [-0.05, 0) is 31.2 Å². The standard InChI is InChI=1S/C13H9F3N2/c1-9-2-4-10(5-3-9)18-11(8-17)6-7-12(18)13(14,15)16/h2-7H,1H3. The molecule has 0 aliphatic heterocycles. The van der Waals surface area contributed by atoms with Crippen LogP contribution in [-0.2, 0) is 6.18 Å². The summed E-state index contributed by atoms with van der Waals surface area (Å²) in [4.78, 5) is 0. The van der Waals surface area contributed by atoms with Crippen LogP contribution in [0.15, 0.2) is 36.4 Å². The van der Waals surface area contributed by atoms with Crippen LogP contribution < -0.4 is 0 Å². The molecule has 1 heterocycles. The van der Waals surface area contributed by atoms with Crippen LogP contribution in [0.4, 0.5) is 13.2 Å². The molecule has 0 fully saturated rings. The van der Waals surface area contributed by atoms with Crippen LogP contribution in [0.1, 0.15) is 17.0 Å². The summed E-state index contributed by atoms with van der Waals surface area (Å²) in [5.41, 5.74) is 0.390. The van der Waals surface area contributed by atoms with Gasteiger partial charge in [0.1, 0.15) is 17.5 Å². The molecule has 92 valence electrons. The fourth-order valence-corrected chi connectivity index (χ4v) is 1.72. The van der Waals surface area contributed by atoms with E-state index in [9.17, 15) is 13.2 Å². The molecule has 0 unspecified atom stereocenters. The maximum atomic E-state index is 12.8. The van der Waals surface area contributed by atoms with Crippen molar-refractivity contribution in [3.05, 3.63) is 53.3 Å². The number of rotatable bonds is 1. The van der Waals surface area contributed by atoms with Gasteiger partial charge in [-0.2, -0.15) is 18.4 Å². The molecular weight excluding hydrogens is 241 g/mol. The highest BCUT2D eigenvalue weighted by molar-refractivity contribution is 5.43. The smallest absolute Gasteiger partial charge is 0.297 e. The minimum atomic E-state index is -4.49. The quantitative estimate of drug-likeness (QED) is 0.759. The lowest BCUT2D eigenvalue weighted by Gasteiger charge is -2.13. The Balaban J connectivity index is 2.65. The van der Waals surface area contributed by atoms with Gasteiger partial charge >= 0.3 is 6.18 Å². The molecule has 0 radical (unpaired) electrons. The number of hydrogen-bond acceptors (Lipinski definition) is 1. The third-order valence-corrected chi connectivity index (χ3v) is 2.58. The molecule has 0 aliphatic carbocycles. The number of halogens is 3. The van der Waals surface area contributed by atoms with Gasteiger partial charge in [0.05, 0.1) is 0 Å². The zero-order valence-corrected chi connectivity index (χ0v) is 9.49. The van der Waals surface area contributed by atoms with E-state index < -0.39 is 11.9 Å². The van der Waals surface area contributed by atoms with Gasteiger partial charge in [-0.1, -0.05) is 17.7 Å². The van der Waals surface area contributed by atoms with Crippen LogP contribution in [0.25, 0.3) is 5.69 Å². The maximum Gasteiger partial charge on any atom is 0.431 e. The lowest BCUT2D eigenvalue weighted by molar-refractivity contribution is -0.142. The summed E-state index contributed by atoms with van der Waals surface area (Å²) in [7, 11) is 0. The Bertz CT molecular complexity index is 601. The predicted octanol–water partition coefficient (Wildman–Crippen LogP) is 3.68. The molecule has 18 heavy (non-hydrogen) atoms. The van der Waals surface area contributed by atoms with Gasteiger partial charge in [-0.15, -0.1) is 0 Å². The minimum absolute atomic E-state index is 0.0359. The van der Waals surface area contributed by atoms with E-state index in [1.807, 2.05) is 6.92 Å². The van der Waals surface area contributed by atoms with E-state index in [0.29, 0.717) is 5.69 Å². The number of alkyl halides is 3. The van der Waals surface area contributed by atoms with E-state index >= 15 is 0 Å². The Morgan fingerprint density at radius 2 is 1.67 bits per heavy atom. The predicted molar refractivity (Wildman–Crippen MR) is 60.2 cm³/mol. The largest absolute Gasteiger partial charge is 0.431 e. The molecule has 0 atom stereocenters. The van der Waals surface area contributed by atoms with Crippen LogP contribution in [-0.4, -0.2) is 4.57 Å². The Morgan fingerprint density at radius 3 is 2.17 bits per heavy atom. The highest BCUT2D eigenvalue weighted by Crippen LogP contribution is 2.32. The summed E-state index contributed by atoms with van der Waals surface area (Å²) in [6, 6.07) is 10.4. The number of hydrogen-bond donors (Lipinski definition) is 0. The Hall–Kier alpha value is -2.22. The summed E-state index contributed by atoms with van der Waals surface area (Å²) in [5, 5.41) is 8.88. The first-order chi connectivity index (χ1) is 8.43. The minimum Gasteiger partial charge on any atom is -0.297 e. The molecule has 0 aliphatic rings. The number of nitrogens with zero attached hydrogens (tertiary/aromatic N) is 2. The van der Waals surface area contributed by atoms with E-state index in [1.165, 1.54) is 6.07 Å². The zero-order chi connectivity index (χ0) is 13.3. The molecule has 2 aromatic rings. The zero-order valence-electron chi connectivity index (χ0n) is 9.49. The average Bonchev–Trinajstić information content (AvgIpc) is 2.73. The van der Waals surface area contributed by atoms with Crippen LogP contribution in [0.3, 0.4) is 0 Å². The second-order valence-corrected chi connectivity index (χ2v) is 3.88. The molecule has 1 aromatic heterocycles.